The Morgan fingerprint density at radius 1 is 1.38 bits per heavy atom. The van der Waals surface area contributed by atoms with Gasteiger partial charge in [-0.05, 0) is 31.2 Å². The molecule has 118 valence electrons. The van der Waals surface area contributed by atoms with Crippen molar-refractivity contribution in [3.63, 3.8) is 0 Å². The van der Waals surface area contributed by atoms with Crippen molar-refractivity contribution >= 4 is 21.6 Å². The Balaban J connectivity index is 2.31. The Labute approximate surface area is 130 Å². The van der Waals surface area contributed by atoms with Gasteiger partial charge in [0.2, 0.25) is 10.0 Å². The van der Waals surface area contributed by atoms with Gasteiger partial charge in [-0.1, -0.05) is 13.0 Å². The van der Waals surface area contributed by atoms with Crippen molar-refractivity contribution in [2.45, 2.75) is 30.7 Å². The number of benzene rings is 1. The number of hydrogen-bond acceptors (Lipinski definition) is 3. The molecule has 0 amide bonds. The van der Waals surface area contributed by atoms with Crippen LogP contribution in [0.2, 0.25) is 0 Å². The first kappa shape index (κ1) is 16.7. The van der Waals surface area contributed by atoms with E-state index in [9.17, 15) is 12.8 Å². The summed E-state index contributed by atoms with van der Waals surface area (Å²) in [4.78, 5) is 1.93. The van der Waals surface area contributed by atoms with E-state index < -0.39 is 15.8 Å². The second-order valence-electron chi connectivity index (χ2n) is 5.24. The zero-order chi connectivity index (χ0) is 15.6. The van der Waals surface area contributed by atoms with E-state index in [-0.39, 0.29) is 16.8 Å². The summed E-state index contributed by atoms with van der Waals surface area (Å²) in [6.07, 6.45) is 0. The van der Waals surface area contributed by atoms with Crippen LogP contribution in [0.1, 0.15) is 19.4 Å². The summed E-state index contributed by atoms with van der Waals surface area (Å²) in [5.41, 5.74) is 0.594. The van der Waals surface area contributed by atoms with Gasteiger partial charge in [-0.2, -0.15) is 4.31 Å². The van der Waals surface area contributed by atoms with Gasteiger partial charge in [0.25, 0.3) is 0 Å². The van der Waals surface area contributed by atoms with Crippen molar-refractivity contribution in [2.75, 3.05) is 26.2 Å². The normalized spacial score (nSPS) is 21.6. The molecule has 1 aromatic rings. The molecule has 1 aliphatic rings. The van der Waals surface area contributed by atoms with Crippen LogP contribution in [0.25, 0.3) is 0 Å². The highest BCUT2D eigenvalue weighted by molar-refractivity contribution is 7.89. The van der Waals surface area contributed by atoms with E-state index in [2.05, 4.69) is 4.90 Å². The molecule has 0 saturated carbocycles. The summed E-state index contributed by atoms with van der Waals surface area (Å²) >= 11 is 5.71. The van der Waals surface area contributed by atoms with Gasteiger partial charge >= 0.3 is 0 Å². The lowest BCUT2D eigenvalue weighted by Crippen LogP contribution is -2.53. The highest BCUT2D eigenvalue weighted by Crippen LogP contribution is 2.24. The van der Waals surface area contributed by atoms with Crippen molar-refractivity contribution in [1.82, 2.24) is 9.21 Å². The fourth-order valence-electron chi connectivity index (χ4n) is 2.62. The zero-order valence-corrected chi connectivity index (χ0v) is 13.8. The molecule has 1 unspecified atom stereocenters. The third kappa shape index (κ3) is 3.39. The van der Waals surface area contributed by atoms with Gasteiger partial charge in [-0.25, -0.2) is 12.8 Å². The highest BCUT2D eigenvalue weighted by atomic mass is 35.5. The first-order valence-electron chi connectivity index (χ1n) is 6.98. The van der Waals surface area contributed by atoms with Gasteiger partial charge < -0.3 is 0 Å². The third-order valence-corrected chi connectivity index (χ3v) is 6.09. The molecule has 21 heavy (non-hydrogen) atoms. The number of likely N-dealkylation sites (N-methyl/N-ethyl adjacent to an activating group) is 1. The maximum absolute atomic E-state index is 13.9. The van der Waals surface area contributed by atoms with E-state index in [1.54, 1.807) is 0 Å². The van der Waals surface area contributed by atoms with Crippen LogP contribution < -0.4 is 0 Å². The third-order valence-electron chi connectivity index (χ3n) is 3.90. The van der Waals surface area contributed by atoms with Gasteiger partial charge in [0.05, 0.1) is 0 Å². The van der Waals surface area contributed by atoms with Crippen LogP contribution in [0, 0.1) is 5.82 Å². The van der Waals surface area contributed by atoms with E-state index in [1.807, 2.05) is 13.8 Å². The molecule has 1 atom stereocenters. The lowest BCUT2D eigenvalue weighted by atomic mass is 10.2. The van der Waals surface area contributed by atoms with Gasteiger partial charge in [-0.15, -0.1) is 11.6 Å². The molecule has 4 nitrogen and oxygen atoms in total. The van der Waals surface area contributed by atoms with Crippen molar-refractivity contribution < 1.29 is 12.8 Å². The molecular weight excluding hydrogens is 315 g/mol. The summed E-state index contributed by atoms with van der Waals surface area (Å²) in [7, 11) is -3.82. The molecule has 1 saturated heterocycles. The monoisotopic (exact) mass is 334 g/mol. The quantitative estimate of drug-likeness (QED) is 0.793. The summed E-state index contributed by atoms with van der Waals surface area (Å²) < 4.78 is 40.6. The van der Waals surface area contributed by atoms with Crippen molar-refractivity contribution in [3.05, 3.63) is 29.6 Å². The fraction of sp³-hybridized carbons (Fsp3) is 0.571. The fourth-order valence-corrected chi connectivity index (χ4v) is 4.41. The van der Waals surface area contributed by atoms with Crippen LogP contribution in [-0.2, 0) is 15.9 Å². The Morgan fingerprint density at radius 3 is 2.67 bits per heavy atom. The summed E-state index contributed by atoms with van der Waals surface area (Å²) in [6.45, 7) is 6.33. The molecule has 1 aliphatic heterocycles. The molecule has 2 rings (SSSR count). The van der Waals surface area contributed by atoms with E-state index in [0.717, 1.165) is 12.6 Å². The molecular formula is C14H20ClFN2O2S. The lowest BCUT2D eigenvalue weighted by molar-refractivity contribution is 0.135. The second kappa shape index (κ2) is 6.60. The average molecular weight is 335 g/mol. The predicted molar refractivity (Wildman–Crippen MR) is 81.4 cm³/mol. The van der Waals surface area contributed by atoms with Gasteiger partial charge in [0, 0.05) is 31.6 Å². The first-order chi connectivity index (χ1) is 9.90. The van der Waals surface area contributed by atoms with E-state index in [1.165, 1.54) is 16.4 Å². The maximum Gasteiger partial charge on any atom is 0.246 e. The Bertz CT molecular complexity index is 609. The minimum Gasteiger partial charge on any atom is -0.298 e. The van der Waals surface area contributed by atoms with Gasteiger partial charge in [0.1, 0.15) is 10.7 Å². The number of piperazine rings is 1. The highest BCUT2D eigenvalue weighted by Gasteiger charge is 2.33. The molecule has 0 aromatic heterocycles. The van der Waals surface area contributed by atoms with Gasteiger partial charge in [0.15, 0.2) is 0 Å². The molecule has 0 N–H and O–H groups in total. The number of halogens is 2. The SMILES string of the molecule is CCN1CCN(S(=O)(=O)c2cc(CCl)ccc2F)CC1C. The molecule has 0 spiro atoms. The molecule has 0 radical (unpaired) electrons. The first-order valence-corrected chi connectivity index (χ1v) is 8.96. The standard InChI is InChI=1S/C14H20ClFN2O2S/c1-3-17-6-7-18(10-11(17)2)21(19,20)14-8-12(9-15)4-5-13(14)16/h4-5,8,11H,3,6-7,9-10H2,1-2H3. The Kier molecular flexibility index (Phi) is 5.24. The summed E-state index contributed by atoms with van der Waals surface area (Å²) in [6, 6.07) is 4.11. The minimum absolute atomic E-state index is 0.123. The van der Waals surface area contributed by atoms with Crippen LogP contribution in [0.3, 0.4) is 0 Å². The van der Waals surface area contributed by atoms with E-state index in [0.29, 0.717) is 25.2 Å². The number of hydrogen-bond donors (Lipinski definition) is 0. The topological polar surface area (TPSA) is 40.6 Å². The van der Waals surface area contributed by atoms with Crippen molar-refractivity contribution in [3.8, 4) is 0 Å². The Hall–Kier alpha value is -0.690. The largest absolute Gasteiger partial charge is 0.298 e. The van der Waals surface area contributed by atoms with Crippen molar-refractivity contribution in [2.24, 2.45) is 0 Å². The van der Waals surface area contributed by atoms with Crippen LogP contribution in [0.5, 0.6) is 0 Å². The zero-order valence-electron chi connectivity index (χ0n) is 12.2. The summed E-state index contributed by atoms with van der Waals surface area (Å²) in [5.74, 6) is -0.572. The van der Waals surface area contributed by atoms with E-state index in [4.69, 9.17) is 11.6 Å². The van der Waals surface area contributed by atoms with Gasteiger partial charge in [-0.3, -0.25) is 4.90 Å². The number of alkyl halides is 1. The van der Waals surface area contributed by atoms with Crippen LogP contribution in [0.15, 0.2) is 23.1 Å². The average Bonchev–Trinajstić information content (AvgIpc) is 2.47. The van der Waals surface area contributed by atoms with Crippen LogP contribution in [-0.4, -0.2) is 49.8 Å². The van der Waals surface area contributed by atoms with E-state index >= 15 is 0 Å². The van der Waals surface area contributed by atoms with Crippen LogP contribution >= 0.6 is 11.6 Å². The number of rotatable bonds is 4. The Morgan fingerprint density at radius 2 is 2.10 bits per heavy atom. The second-order valence-corrected chi connectivity index (χ2v) is 7.41. The van der Waals surface area contributed by atoms with Crippen molar-refractivity contribution in [1.29, 1.82) is 0 Å². The smallest absolute Gasteiger partial charge is 0.246 e. The summed E-state index contributed by atoms with van der Waals surface area (Å²) in [5, 5.41) is 0. The maximum atomic E-state index is 13.9. The molecule has 1 aromatic carbocycles. The molecule has 0 aliphatic carbocycles. The molecule has 1 fully saturated rings. The predicted octanol–water partition coefficient (Wildman–Crippen LogP) is 2.28. The number of nitrogens with zero attached hydrogens (tertiary/aromatic N) is 2. The molecule has 7 heteroatoms. The lowest BCUT2D eigenvalue weighted by Gasteiger charge is -2.38. The molecule has 1 heterocycles. The minimum atomic E-state index is -3.82. The molecule has 0 bridgehead atoms. The number of sulfonamides is 1. The van der Waals surface area contributed by atoms with Crippen LogP contribution in [0.4, 0.5) is 4.39 Å².